The van der Waals surface area contributed by atoms with Gasteiger partial charge in [-0.3, -0.25) is 0 Å². The number of hydrogen-bond donors (Lipinski definition) is 3. The van der Waals surface area contributed by atoms with E-state index in [1.807, 2.05) is 20.8 Å². The first kappa shape index (κ1) is 16.5. The van der Waals surface area contributed by atoms with E-state index in [1.54, 1.807) is 18.2 Å². The maximum atomic E-state index is 11.3. The van der Waals surface area contributed by atoms with Gasteiger partial charge in [0.05, 0.1) is 5.56 Å². The Balaban J connectivity index is 3.39. The lowest BCUT2D eigenvalue weighted by Crippen LogP contribution is -2.43. The Hall–Kier alpha value is -1.59. The minimum atomic E-state index is -0.999. The van der Waals surface area contributed by atoms with E-state index in [1.165, 1.54) is 4.90 Å². The van der Waals surface area contributed by atoms with Crippen molar-refractivity contribution in [2.45, 2.75) is 52.5 Å². The van der Waals surface area contributed by atoms with Gasteiger partial charge >= 0.3 is 5.97 Å². The molecule has 2 unspecified atom stereocenters. The minimum Gasteiger partial charge on any atom is -0.478 e. The number of aromatic carboxylic acids is 1. The molecule has 0 aliphatic rings. The SMILES string of the molecule is CCc1c(C(=O)O)cccc1N(C(O)CC)C(O)CC. The topological polar surface area (TPSA) is 81.0 Å². The van der Waals surface area contributed by atoms with Gasteiger partial charge in [-0.2, -0.15) is 0 Å². The van der Waals surface area contributed by atoms with Crippen molar-refractivity contribution in [3.8, 4) is 0 Å². The first-order chi connectivity index (χ1) is 9.47. The Labute approximate surface area is 119 Å². The number of carbonyl (C=O) groups is 1. The lowest BCUT2D eigenvalue weighted by Gasteiger charge is -2.35. The molecule has 0 aromatic heterocycles. The number of rotatable bonds is 7. The summed E-state index contributed by atoms with van der Waals surface area (Å²) in [7, 11) is 0. The van der Waals surface area contributed by atoms with Gasteiger partial charge in [-0.15, -0.1) is 0 Å². The Morgan fingerprint density at radius 2 is 1.70 bits per heavy atom. The van der Waals surface area contributed by atoms with Crippen LogP contribution in [0.2, 0.25) is 0 Å². The molecule has 5 heteroatoms. The van der Waals surface area contributed by atoms with Crippen molar-refractivity contribution in [2.24, 2.45) is 0 Å². The number of benzene rings is 1. The predicted octanol–water partition coefficient (Wildman–Crippen LogP) is 2.21. The molecule has 0 radical (unpaired) electrons. The number of aliphatic hydroxyl groups excluding tert-OH is 2. The van der Waals surface area contributed by atoms with Crippen molar-refractivity contribution in [2.75, 3.05) is 4.90 Å². The quantitative estimate of drug-likeness (QED) is 0.668. The van der Waals surface area contributed by atoms with E-state index >= 15 is 0 Å². The Kier molecular flexibility index (Phi) is 5.98. The average molecular weight is 281 g/mol. The second kappa shape index (κ2) is 7.26. The number of aliphatic hydroxyl groups is 2. The molecular formula is C15H23NO4. The summed E-state index contributed by atoms with van der Waals surface area (Å²) in [6, 6.07) is 4.91. The Morgan fingerprint density at radius 3 is 2.10 bits per heavy atom. The molecule has 0 spiro atoms. The third kappa shape index (κ3) is 3.29. The molecule has 0 aliphatic carbocycles. The zero-order valence-corrected chi connectivity index (χ0v) is 12.2. The molecule has 5 nitrogen and oxygen atoms in total. The maximum Gasteiger partial charge on any atom is 0.336 e. The molecule has 2 atom stereocenters. The Morgan fingerprint density at radius 1 is 1.15 bits per heavy atom. The standard InChI is InChI=1S/C15H23NO4/c1-4-10-11(15(19)20)8-7-9-12(10)16(13(17)5-2)14(18)6-3/h7-9,13-14,17-18H,4-6H2,1-3H3,(H,19,20). The van der Waals surface area contributed by atoms with E-state index < -0.39 is 18.4 Å². The highest BCUT2D eigenvalue weighted by Crippen LogP contribution is 2.28. The van der Waals surface area contributed by atoms with Crippen LogP contribution >= 0.6 is 0 Å². The van der Waals surface area contributed by atoms with Gasteiger partial charge in [0.15, 0.2) is 0 Å². The van der Waals surface area contributed by atoms with Crippen LogP contribution in [0.5, 0.6) is 0 Å². The summed E-state index contributed by atoms with van der Waals surface area (Å²) in [6.45, 7) is 5.49. The van der Waals surface area contributed by atoms with Gasteiger partial charge in [0.1, 0.15) is 12.5 Å². The van der Waals surface area contributed by atoms with Crippen LogP contribution in [0.1, 0.15) is 49.5 Å². The van der Waals surface area contributed by atoms with Crippen LogP contribution in [-0.2, 0) is 6.42 Å². The van der Waals surface area contributed by atoms with Crippen molar-refractivity contribution < 1.29 is 20.1 Å². The van der Waals surface area contributed by atoms with Gasteiger partial charge in [-0.1, -0.05) is 26.8 Å². The number of anilines is 1. The fourth-order valence-corrected chi connectivity index (χ4v) is 2.30. The summed E-state index contributed by atoms with van der Waals surface area (Å²) < 4.78 is 0. The molecule has 0 bridgehead atoms. The van der Waals surface area contributed by atoms with Crippen molar-refractivity contribution in [1.82, 2.24) is 0 Å². The second-order valence-corrected chi connectivity index (χ2v) is 4.65. The van der Waals surface area contributed by atoms with E-state index in [9.17, 15) is 20.1 Å². The van der Waals surface area contributed by atoms with Crippen LogP contribution in [0.3, 0.4) is 0 Å². The first-order valence-electron chi connectivity index (χ1n) is 6.97. The molecule has 0 saturated carbocycles. The largest absolute Gasteiger partial charge is 0.478 e. The van der Waals surface area contributed by atoms with Crippen LogP contribution in [0.15, 0.2) is 18.2 Å². The maximum absolute atomic E-state index is 11.3. The fourth-order valence-electron chi connectivity index (χ4n) is 2.30. The summed E-state index contributed by atoms with van der Waals surface area (Å²) in [5, 5.41) is 29.5. The Bertz CT molecular complexity index is 451. The molecule has 1 aromatic rings. The van der Waals surface area contributed by atoms with E-state index in [2.05, 4.69) is 0 Å². The zero-order chi connectivity index (χ0) is 15.3. The number of carboxylic acid groups (broad SMARTS) is 1. The van der Waals surface area contributed by atoms with Gasteiger partial charge in [0.2, 0.25) is 0 Å². The second-order valence-electron chi connectivity index (χ2n) is 4.65. The monoisotopic (exact) mass is 281 g/mol. The normalized spacial score (nSPS) is 13.8. The number of nitrogens with zero attached hydrogens (tertiary/aromatic N) is 1. The highest BCUT2D eigenvalue weighted by Gasteiger charge is 2.25. The van der Waals surface area contributed by atoms with E-state index in [0.717, 1.165) is 0 Å². The predicted molar refractivity (Wildman–Crippen MR) is 77.9 cm³/mol. The molecule has 0 fully saturated rings. The molecule has 3 N–H and O–H groups in total. The highest BCUT2D eigenvalue weighted by atomic mass is 16.4. The van der Waals surface area contributed by atoms with E-state index in [-0.39, 0.29) is 5.56 Å². The van der Waals surface area contributed by atoms with Crippen molar-refractivity contribution >= 4 is 11.7 Å². The van der Waals surface area contributed by atoms with E-state index in [0.29, 0.717) is 30.5 Å². The zero-order valence-electron chi connectivity index (χ0n) is 12.2. The number of hydrogen-bond acceptors (Lipinski definition) is 4. The summed E-state index contributed by atoms with van der Waals surface area (Å²) >= 11 is 0. The molecule has 1 rings (SSSR count). The lowest BCUT2D eigenvalue weighted by molar-refractivity contribution is 0.0691. The lowest BCUT2D eigenvalue weighted by atomic mass is 10.0. The van der Waals surface area contributed by atoms with Crippen LogP contribution in [0.4, 0.5) is 5.69 Å². The summed E-state index contributed by atoms with van der Waals surface area (Å²) in [6.07, 6.45) is -0.297. The molecular weight excluding hydrogens is 258 g/mol. The number of carboxylic acids is 1. The van der Waals surface area contributed by atoms with Crippen molar-refractivity contribution in [3.63, 3.8) is 0 Å². The van der Waals surface area contributed by atoms with Crippen molar-refractivity contribution in [3.05, 3.63) is 29.3 Å². The van der Waals surface area contributed by atoms with Crippen LogP contribution in [0, 0.1) is 0 Å². The summed E-state index contributed by atoms with van der Waals surface area (Å²) in [4.78, 5) is 12.8. The molecule has 0 aliphatic heterocycles. The van der Waals surface area contributed by atoms with Crippen molar-refractivity contribution in [1.29, 1.82) is 0 Å². The van der Waals surface area contributed by atoms with Gasteiger partial charge in [0, 0.05) is 5.69 Å². The third-order valence-corrected chi connectivity index (χ3v) is 3.39. The molecule has 20 heavy (non-hydrogen) atoms. The smallest absolute Gasteiger partial charge is 0.336 e. The van der Waals surface area contributed by atoms with Gasteiger partial charge < -0.3 is 20.2 Å². The van der Waals surface area contributed by atoms with E-state index in [4.69, 9.17) is 0 Å². The molecule has 0 saturated heterocycles. The fraction of sp³-hybridized carbons (Fsp3) is 0.533. The van der Waals surface area contributed by atoms with Gasteiger partial charge in [-0.05, 0) is 37.0 Å². The summed E-state index contributed by atoms with van der Waals surface area (Å²) in [5.74, 6) is -0.999. The molecule has 1 aromatic carbocycles. The highest BCUT2D eigenvalue weighted by molar-refractivity contribution is 5.91. The van der Waals surface area contributed by atoms with Gasteiger partial charge in [0.25, 0.3) is 0 Å². The molecule has 112 valence electrons. The third-order valence-electron chi connectivity index (χ3n) is 3.39. The molecule has 0 heterocycles. The molecule has 0 amide bonds. The van der Waals surface area contributed by atoms with Crippen LogP contribution in [-0.4, -0.2) is 33.7 Å². The van der Waals surface area contributed by atoms with Gasteiger partial charge in [-0.25, -0.2) is 4.79 Å². The first-order valence-corrected chi connectivity index (χ1v) is 6.97. The van der Waals surface area contributed by atoms with Crippen LogP contribution < -0.4 is 4.90 Å². The summed E-state index contributed by atoms with van der Waals surface area (Å²) in [5.41, 5.74) is 1.41. The average Bonchev–Trinajstić information content (AvgIpc) is 2.46. The van der Waals surface area contributed by atoms with Crippen LogP contribution in [0.25, 0.3) is 0 Å². The minimum absolute atomic E-state index is 0.210.